The number of rotatable bonds is 4. The Morgan fingerprint density at radius 3 is 2.84 bits per heavy atom. The summed E-state index contributed by atoms with van der Waals surface area (Å²) in [5, 5.41) is 10.5. The predicted molar refractivity (Wildman–Crippen MR) is 65.4 cm³/mol. The first-order valence-corrected chi connectivity index (χ1v) is 5.50. The van der Waals surface area contributed by atoms with Gasteiger partial charge in [0.2, 0.25) is 5.91 Å². The number of ether oxygens (including phenoxy) is 1. The zero-order valence-corrected chi connectivity index (χ0v) is 10.5. The number of anilines is 1. The first-order valence-electron chi connectivity index (χ1n) is 5.50. The molecule has 0 unspecified atom stereocenters. The maximum Gasteiger partial charge on any atom is 0.358 e. The molecular formula is C11H13N5O3. The van der Waals surface area contributed by atoms with Crippen LogP contribution in [0.1, 0.15) is 10.5 Å². The zero-order chi connectivity index (χ0) is 13.8. The predicted octanol–water partition coefficient (Wildman–Crippen LogP) is 0.0419. The molecule has 0 fully saturated rings. The van der Waals surface area contributed by atoms with E-state index in [1.165, 1.54) is 24.1 Å². The van der Waals surface area contributed by atoms with E-state index in [0.29, 0.717) is 5.82 Å². The van der Waals surface area contributed by atoms with Gasteiger partial charge in [-0.15, -0.1) is 0 Å². The molecule has 0 radical (unpaired) electrons. The van der Waals surface area contributed by atoms with Crippen molar-refractivity contribution in [3.8, 4) is 0 Å². The minimum atomic E-state index is -0.536. The fourth-order valence-electron chi connectivity index (χ4n) is 1.49. The lowest BCUT2D eigenvalue weighted by Crippen LogP contribution is -2.21. The van der Waals surface area contributed by atoms with Crippen molar-refractivity contribution in [1.29, 1.82) is 0 Å². The molecule has 1 N–H and O–H groups in total. The number of nitrogens with zero attached hydrogens (tertiary/aromatic N) is 4. The van der Waals surface area contributed by atoms with Gasteiger partial charge in [-0.25, -0.2) is 4.79 Å². The third-order valence-corrected chi connectivity index (χ3v) is 2.43. The van der Waals surface area contributed by atoms with E-state index in [2.05, 4.69) is 20.3 Å². The average molecular weight is 263 g/mol. The van der Waals surface area contributed by atoms with E-state index in [9.17, 15) is 9.59 Å². The normalized spacial score (nSPS) is 10.2. The number of aromatic nitrogens is 4. The van der Waals surface area contributed by atoms with Gasteiger partial charge in [0, 0.05) is 19.3 Å². The van der Waals surface area contributed by atoms with Crippen molar-refractivity contribution in [2.75, 3.05) is 12.4 Å². The van der Waals surface area contributed by atoms with Crippen molar-refractivity contribution in [1.82, 2.24) is 19.6 Å². The number of methoxy groups -OCH3 is 1. The number of carbonyl (C=O) groups excluding carboxylic acids is 2. The fourth-order valence-corrected chi connectivity index (χ4v) is 1.49. The van der Waals surface area contributed by atoms with E-state index in [-0.39, 0.29) is 18.1 Å². The van der Waals surface area contributed by atoms with Gasteiger partial charge in [0.05, 0.1) is 13.3 Å². The van der Waals surface area contributed by atoms with Crippen molar-refractivity contribution in [2.45, 2.75) is 6.54 Å². The second-order valence-electron chi connectivity index (χ2n) is 3.78. The molecule has 0 aliphatic rings. The quantitative estimate of drug-likeness (QED) is 0.786. The van der Waals surface area contributed by atoms with Crippen LogP contribution in [0.2, 0.25) is 0 Å². The summed E-state index contributed by atoms with van der Waals surface area (Å²) >= 11 is 0. The molecule has 8 heteroatoms. The summed E-state index contributed by atoms with van der Waals surface area (Å²) in [5.74, 6) is -0.209. The highest BCUT2D eigenvalue weighted by atomic mass is 16.5. The van der Waals surface area contributed by atoms with Gasteiger partial charge in [-0.1, -0.05) is 0 Å². The van der Waals surface area contributed by atoms with E-state index in [4.69, 9.17) is 0 Å². The van der Waals surface area contributed by atoms with Gasteiger partial charge in [0.1, 0.15) is 12.4 Å². The first kappa shape index (κ1) is 12.8. The highest BCUT2D eigenvalue weighted by Gasteiger charge is 2.11. The lowest BCUT2D eigenvalue weighted by molar-refractivity contribution is -0.117. The van der Waals surface area contributed by atoms with Crippen LogP contribution in [0.15, 0.2) is 24.5 Å². The second kappa shape index (κ2) is 5.34. The summed E-state index contributed by atoms with van der Waals surface area (Å²) in [6.45, 7) is 0.00216. The summed E-state index contributed by atoms with van der Waals surface area (Å²) < 4.78 is 7.43. The Morgan fingerprint density at radius 1 is 1.42 bits per heavy atom. The Morgan fingerprint density at radius 2 is 2.21 bits per heavy atom. The van der Waals surface area contributed by atoms with Crippen LogP contribution < -0.4 is 5.32 Å². The molecule has 2 aromatic rings. The number of esters is 1. The molecular weight excluding hydrogens is 250 g/mol. The topological polar surface area (TPSA) is 91.0 Å². The van der Waals surface area contributed by atoms with Crippen LogP contribution in [0.5, 0.6) is 0 Å². The van der Waals surface area contributed by atoms with Gasteiger partial charge in [-0.2, -0.15) is 10.2 Å². The molecule has 0 aromatic carbocycles. The van der Waals surface area contributed by atoms with Crippen molar-refractivity contribution in [3.63, 3.8) is 0 Å². The van der Waals surface area contributed by atoms with E-state index in [0.717, 1.165) is 0 Å². The van der Waals surface area contributed by atoms with Crippen LogP contribution in [-0.4, -0.2) is 38.5 Å². The molecule has 0 bridgehead atoms. The van der Waals surface area contributed by atoms with Crippen LogP contribution in [0.4, 0.5) is 5.82 Å². The SMILES string of the molecule is COC(=O)c1ccn(CC(=O)Nc2ccnn2C)n1. The Bertz CT molecular complexity index is 601. The van der Waals surface area contributed by atoms with E-state index < -0.39 is 5.97 Å². The summed E-state index contributed by atoms with van der Waals surface area (Å²) in [6.07, 6.45) is 3.12. The smallest absolute Gasteiger partial charge is 0.358 e. The monoisotopic (exact) mass is 263 g/mol. The lowest BCUT2D eigenvalue weighted by Gasteiger charge is -2.05. The molecule has 0 saturated heterocycles. The largest absolute Gasteiger partial charge is 0.464 e. The second-order valence-corrected chi connectivity index (χ2v) is 3.78. The number of aryl methyl sites for hydroxylation is 1. The van der Waals surface area contributed by atoms with Crippen LogP contribution in [0.25, 0.3) is 0 Å². The van der Waals surface area contributed by atoms with Gasteiger partial charge in [0.15, 0.2) is 5.69 Å². The van der Waals surface area contributed by atoms with Crippen LogP contribution >= 0.6 is 0 Å². The van der Waals surface area contributed by atoms with Gasteiger partial charge in [-0.3, -0.25) is 14.2 Å². The van der Waals surface area contributed by atoms with Gasteiger partial charge in [-0.05, 0) is 6.07 Å². The third-order valence-electron chi connectivity index (χ3n) is 2.43. The zero-order valence-electron chi connectivity index (χ0n) is 10.5. The average Bonchev–Trinajstić information content (AvgIpc) is 2.99. The Balaban J connectivity index is 1.97. The van der Waals surface area contributed by atoms with E-state index >= 15 is 0 Å². The maximum absolute atomic E-state index is 11.8. The minimum absolute atomic E-state index is 0.00216. The molecule has 0 aliphatic carbocycles. The van der Waals surface area contributed by atoms with Crippen LogP contribution in [0, 0.1) is 0 Å². The molecule has 0 spiro atoms. The molecule has 0 atom stereocenters. The fraction of sp³-hybridized carbons (Fsp3) is 0.273. The molecule has 1 amide bonds. The Hall–Kier alpha value is -2.64. The molecule has 2 aromatic heterocycles. The van der Waals surface area contributed by atoms with Crippen molar-refractivity contribution < 1.29 is 14.3 Å². The number of nitrogens with one attached hydrogen (secondary N) is 1. The molecule has 19 heavy (non-hydrogen) atoms. The standard InChI is InChI=1S/C11H13N5O3/c1-15-9(3-5-12-15)13-10(17)7-16-6-4-8(14-16)11(18)19-2/h3-6H,7H2,1-2H3,(H,13,17). The van der Waals surface area contributed by atoms with Crippen LogP contribution in [-0.2, 0) is 23.1 Å². The third kappa shape index (κ3) is 2.97. The van der Waals surface area contributed by atoms with Crippen LogP contribution in [0.3, 0.4) is 0 Å². The van der Waals surface area contributed by atoms with Gasteiger partial charge >= 0.3 is 5.97 Å². The molecule has 8 nitrogen and oxygen atoms in total. The highest BCUT2D eigenvalue weighted by molar-refractivity contribution is 5.90. The number of hydrogen-bond donors (Lipinski definition) is 1. The minimum Gasteiger partial charge on any atom is -0.464 e. The molecule has 100 valence electrons. The lowest BCUT2D eigenvalue weighted by atomic mass is 10.4. The van der Waals surface area contributed by atoms with Gasteiger partial charge < -0.3 is 10.1 Å². The molecule has 0 saturated carbocycles. The summed E-state index contributed by atoms with van der Waals surface area (Å²) in [6, 6.07) is 3.17. The highest BCUT2D eigenvalue weighted by Crippen LogP contribution is 2.04. The van der Waals surface area contributed by atoms with E-state index in [1.807, 2.05) is 0 Å². The summed E-state index contributed by atoms with van der Waals surface area (Å²) in [7, 11) is 3.00. The van der Waals surface area contributed by atoms with Crippen molar-refractivity contribution >= 4 is 17.7 Å². The van der Waals surface area contributed by atoms with Gasteiger partial charge in [0.25, 0.3) is 0 Å². The van der Waals surface area contributed by atoms with Crippen molar-refractivity contribution in [2.24, 2.45) is 7.05 Å². The molecule has 2 rings (SSSR count). The number of carbonyl (C=O) groups is 2. The molecule has 0 aliphatic heterocycles. The maximum atomic E-state index is 11.8. The number of amides is 1. The Kier molecular flexibility index (Phi) is 3.60. The van der Waals surface area contributed by atoms with Crippen molar-refractivity contribution in [3.05, 3.63) is 30.2 Å². The Labute approximate surface area is 109 Å². The summed E-state index contributed by atoms with van der Waals surface area (Å²) in [5.41, 5.74) is 0.163. The first-order chi connectivity index (χ1) is 9.10. The summed E-state index contributed by atoms with van der Waals surface area (Å²) in [4.78, 5) is 23.0. The molecule has 2 heterocycles. The number of hydrogen-bond acceptors (Lipinski definition) is 5. The van der Waals surface area contributed by atoms with E-state index in [1.54, 1.807) is 24.0 Å².